The average Bonchev–Trinajstić information content (AvgIpc) is 2.44. The Kier molecular flexibility index (Phi) is 2.89. The first-order valence-electron chi connectivity index (χ1n) is 6.43. The van der Waals surface area contributed by atoms with Crippen molar-refractivity contribution in [2.75, 3.05) is 6.61 Å². The van der Waals surface area contributed by atoms with Crippen LogP contribution in [0.25, 0.3) is 21.5 Å². The van der Waals surface area contributed by atoms with Crippen molar-refractivity contribution >= 4 is 21.5 Å². The van der Waals surface area contributed by atoms with Crippen LogP contribution in [-0.4, -0.2) is 6.61 Å². The number of ether oxygens (including phenoxy) is 1. The lowest BCUT2D eigenvalue weighted by Crippen LogP contribution is -1.95. The van der Waals surface area contributed by atoms with Crippen molar-refractivity contribution in [3.63, 3.8) is 0 Å². The van der Waals surface area contributed by atoms with E-state index in [0.717, 1.165) is 18.8 Å². The lowest BCUT2D eigenvalue weighted by Gasteiger charge is -2.10. The molecule has 0 aliphatic rings. The molecule has 0 fully saturated rings. The first-order valence-corrected chi connectivity index (χ1v) is 6.43. The Morgan fingerprint density at radius 3 is 2.50 bits per heavy atom. The van der Waals surface area contributed by atoms with Crippen LogP contribution in [0, 0.1) is 0 Å². The van der Waals surface area contributed by atoms with E-state index in [1.54, 1.807) is 0 Å². The summed E-state index contributed by atoms with van der Waals surface area (Å²) in [4.78, 5) is 0. The summed E-state index contributed by atoms with van der Waals surface area (Å²) < 4.78 is 5.82. The highest BCUT2D eigenvalue weighted by molar-refractivity contribution is 6.09. The fraction of sp³-hybridized carbons (Fsp3) is 0.176. The molecule has 0 aromatic heterocycles. The second-order valence-corrected chi connectivity index (χ2v) is 4.49. The molecule has 18 heavy (non-hydrogen) atoms. The van der Waals surface area contributed by atoms with Crippen LogP contribution in [0.5, 0.6) is 5.75 Å². The molecule has 0 atom stereocenters. The Labute approximate surface area is 107 Å². The smallest absolute Gasteiger partial charge is 0.127 e. The Morgan fingerprint density at radius 2 is 1.61 bits per heavy atom. The molecule has 0 aliphatic carbocycles. The topological polar surface area (TPSA) is 9.23 Å². The molecule has 0 N–H and O–H groups in total. The molecule has 0 saturated carbocycles. The Hall–Kier alpha value is -2.02. The second kappa shape index (κ2) is 4.69. The quantitative estimate of drug-likeness (QED) is 0.594. The fourth-order valence-electron chi connectivity index (χ4n) is 2.35. The van der Waals surface area contributed by atoms with Crippen LogP contribution < -0.4 is 4.74 Å². The first kappa shape index (κ1) is 11.1. The molecule has 1 heteroatoms. The summed E-state index contributed by atoms with van der Waals surface area (Å²) in [6, 6.07) is 19.1. The molecular formula is C17H16O. The third-order valence-corrected chi connectivity index (χ3v) is 3.21. The summed E-state index contributed by atoms with van der Waals surface area (Å²) in [5.74, 6) is 0.986. The van der Waals surface area contributed by atoms with E-state index in [4.69, 9.17) is 4.74 Å². The van der Waals surface area contributed by atoms with Gasteiger partial charge in [0.1, 0.15) is 5.75 Å². The predicted molar refractivity (Wildman–Crippen MR) is 77.2 cm³/mol. The lowest BCUT2D eigenvalue weighted by atomic mass is 10.0. The van der Waals surface area contributed by atoms with Gasteiger partial charge in [-0.25, -0.2) is 0 Å². The SMILES string of the molecule is CCCOc1cccc2c1ccc1ccccc12. The molecule has 0 unspecified atom stereocenters. The summed E-state index contributed by atoms with van der Waals surface area (Å²) in [5, 5.41) is 5.03. The van der Waals surface area contributed by atoms with Gasteiger partial charge >= 0.3 is 0 Å². The van der Waals surface area contributed by atoms with Gasteiger partial charge in [0.05, 0.1) is 6.61 Å². The fourth-order valence-corrected chi connectivity index (χ4v) is 2.35. The van der Waals surface area contributed by atoms with E-state index >= 15 is 0 Å². The maximum absolute atomic E-state index is 5.82. The Bertz CT molecular complexity index is 685. The monoisotopic (exact) mass is 236 g/mol. The third-order valence-electron chi connectivity index (χ3n) is 3.21. The van der Waals surface area contributed by atoms with Gasteiger partial charge in [-0.3, -0.25) is 0 Å². The van der Waals surface area contributed by atoms with Crippen molar-refractivity contribution in [3.8, 4) is 5.75 Å². The molecule has 0 saturated heterocycles. The summed E-state index contributed by atoms with van der Waals surface area (Å²) >= 11 is 0. The van der Waals surface area contributed by atoms with Crippen molar-refractivity contribution in [1.29, 1.82) is 0 Å². The molecule has 3 aromatic rings. The highest BCUT2D eigenvalue weighted by Crippen LogP contribution is 2.31. The molecule has 0 spiro atoms. The molecule has 0 bridgehead atoms. The highest BCUT2D eigenvalue weighted by atomic mass is 16.5. The van der Waals surface area contributed by atoms with Gasteiger partial charge in [0.25, 0.3) is 0 Å². The van der Waals surface area contributed by atoms with E-state index in [2.05, 4.69) is 55.5 Å². The van der Waals surface area contributed by atoms with Crippen molar-refractivity contribution in [1.82, 2.24) is 0 Å². The molecule has 90 valence electrons. The molecule has 3 rings (SSSR count). The van der Waals surface area contributed by atoms with Gasteiger partial charge in [0.15, 0.2) is 0 Å². The van der Waals surface area contributed by atoms with E-state index in [0.29, 0.717) is 0 Å². The first-order chi connectivity index (χ1) is 8.90. The molecule has 1 nitrogen and oxygen atoms in total. The van der Waals surface area contributed by atoms with Gasteiger partial charge in [-0.2, -0.15) is 0 Å². The average molecular weight is 236 g/mol. The van der Waals surface area contributed by atoms with Crippen LogP contribution in [0.15, 0.2) is 54.6 Å². The van der Waals surface area contributed by atoms with E-state index in [9.17, 15) is 0 Å². The second-order valence-electron chi connectivity index (χ2n) is 4.49. The Balaban J connectivity index is 2.26. The zero-order valence-corrected chi connectivity index (χ0v) is 10.5. The van der Waals surface area contributed by atoms with Crippen molar-refractivity contribution in [2.45, 2.75) is 13.3 Å². The van der Waals surface area contributed by atoms with Gasteiger partial charge in [0, 0.05) is 5.39 Å². The summed E-state index contributed by atoms with van der Waals surface area (Å²) in [6.07, 6.45) is 1.03. The number of benzene rings is 3. The Morgan fingerprint density at radius 1 is 0.778 bits per heavy atom. The minimum absolute atomic E-state index is 0.770. The zero-order chi connectivity index (χ0) is 12.4. The van der Waals surface area contributed by atoms with Crippen LogP contribution in [0.4, 0.5) is 0 Å². The van der Waals surface area contributed by atoms with E-state index in [1.165, 1.54) is 21.5 Å². The molecular weight excluding hydrogens is 220 g/mol. The predicted octanol–water partition coefficient (Wildman–Crippen LogP) is 4.78. The number of fused-ring (bicyclic) bond motifs is 3. The van der Waals surface area contributed by atoms with Crippen molar-refractivity contribution in [2.24, 2.45) is 0 Å². The van der Waals surface area contributed by atoms with Gasteiger partial charge in [-0.15, -0.1) is 0 Å². The number of hydrogen-bond donors (Lipinski definition) is 0. The van der Waals surface area contributed by atoms with Crippen LogP contribution in [0.1, 0.15) is 13.3 Å². The number of hydrogen-bond acceptors (Lipinski definition) is 1. The van der Waals surface area contributed by atoms with Crippen LogP contribution >= 0.6 is 0 Å². The molecule has 0 radical (unpaired) electrons. The van der Waals surface area contributed by atoms with E-state index < -0.39 is 0 Å². The molecule has 0 aliphatic heterocycles. The molecule has 0 amide bonds. The van der Waals surface area contributed by atoms with E-state index in [1.807, 2.05) is 6.07 Å². The van der Waals surface area contributed by atoms with Crippen LogP contribution in [0.3, 0.4) is 0 Å². The maximum atomic E-state index is 5.82. The van der Waals surface area contributed by atoms with Crippen LogP contribution in [-0.2, 0) is 0 Å². The summed E-state index contributed by atoms with van der Waals surface area (Å²) in [5.41, 5.74) is 0. The minimum Gasteiger partial charge on any atom is -0.493 e. The minimum atomic E-state index is 0.770. The van der Waals surface area contributed by atoms with Gasteiger partial charge in [-0.05, 0) is 28.6 Å². The van der Waals surface area contributed by atoms with Gasteiger partial charge in [-0.1, -0.05) is 55.5 Å². The molecule has 0 heterocycles. The van der Waals surface area contributed by atoms with Gasteiger partial charge in [0.2, 0.25) is 0 Å². The summed E-state index contributed by atoms with van der Waals surface area (Å²) in [7, 11) is 0. The highest BCUT2D eigenvalue weighted by Gasteiger charge is 2.04. The van der Waals surface area contributed by atoms with Crippen molar-refractivity contribution < 1.29 is 4.74 Å². The standard InChI is InChI=1S/C17H16O/c1-2-12-18-17-9-5-8-15-14-7-4-3-6-13(14)10-11-16(15)17/h3-11H,2,12H2,1H3. The largest absolute Gasteiger partial charge is 0.493 e. The van der Waals surface area contributed by atoms with Crippen molar-refractivity contribution in [3.05, 3.63) is 54.6 Å². The zero-order valence-electron chi connectivity index (χ0n) is 10.5. The number of rotatable bonds is 3. The lowest BCUT2D eigenvalue weighted by molar-refractivity contribution is 0.321. The summed E-state index contributed by atoms with van der Waals surface area (Å²) in [6.45, 7) is 2.90. The van der Waals surface area contributed by atoms with Crippen LogP contribution in [0.2, 0.25) is 0 Å². The third kappa shape index (κ3) is 1.82. The normalized spacial score (nSPS) is 10.9. The maximum Gasteiger partial charge on any atom is 0.127 e. The molecule has 3 aromatic carbocycles. The van der Waals surface area contributed by atoms with E-state index in [-0.39, 0.29) is 0 Å². The van der Waals surface area contributed by atoms with Gasteiger partial charge < -0.3 is 4.74 Å².